The van der Waals surface area contributed by atoms with Gasteiger partial charge in [-0.25, -0.2) is 0 Å². The van der Waals surface area contributed by atoms with Gasteiger partial charge in [-0.15, -0.1) is 0 Å². The number of halogens is 6. The first-order valence-corrected chi connectivity index (χ1v) is 2.29. The first-order chi connectivity index (χ1) is 4.81. The van der Waals surface area contributed by atoms with E-state index in [1.807, 2.05) is 0 Å². The van der Waals surface area contributed by atoms with Crippen LogP contribution in [0.1, 0.15) is 0 Å². The molecule has 1 aliphatic heterocycles. The van der Waals surface area contributed by atoms with E-state index in [1.165, 1.54) is 0 Å². The fourth-order valence-electron chi connectivity index (χ4n) is 0.445. The zero-order chi connectivity index (χ0) is 8.86. The van der Waals surface area contributed by atoms with Gasteiger partial charge in [-0.2, -0.15) is 26.3 Å². The summed E-state index contributed by atoms with van der Waals surface area (Å²) in [5.41, 5.74) is 0. The minimum Gasteiger partial charge on any atom is -0.264 e. The summed E-state index contributed by atoms with van der Waals surface area (Å²) < 4.78 is 72.1. The zero-order valence-electron chi connectivity index (χ0n) is 4.68. The van der Waals surface area contributed by atoms with E-state index in [1.54, 1.807) is 0 Å². The lowest BCUT2D eigenvalue weighted by Crippen LogP contribution is -2.13. The van der Waals surface area contributed by atoms with Crippen LogP contribution in [0.4, 0.5) is 26.3 Å². The van der Waals surface area contributed by atoms with Crippen LogP contribution in [0.5, 0.6) is 0 Å². The third kappa shape index (κ3) is 0.991. The van der Waals surface area contributed by atoms with E-state index in [2.05, 4.69) is 4.74 Å². The van der Waals surface area contributed by atoms with Gasteiger partial charge >= 0.3 is 18.0 Å². The Hall–Kier alpha value is -0.720. The highest BCUT2D eigenvalue weighted by Gasteiger charge is 2.81. The molecule has 64 valence electrons. The molecule has 1 rings (SSSR count). The van der Waals surface area contributed by atoms with Crippen molar-refractivity contribution in [1.82, 2.24) is 0 Å². The Morgan fingerprint density at radius 3 is 1.45 bits per heavy atom. The van der Waals surface area contributed by atoms with Crippen LogP contribution in [-0.4, -0.2) is 12.0 Å². The van der Waals surface area contributed by atoms with E-state index in [0.717, 1.165) is 0 Å². The summed E-state index contributed by atoms with van der Waals surface area (Å²) in [6.45, 7) is 0. The Bertz CT molecular complexity index is 219. The smallest absolute Gasteiger partial charge is 0.264 e. The van der Waals surface area contributed by atoms with Crippen LogP contribution in [0.2, 0.25) is 0 Å². The molecule has 0 radical (unpaired) electrons. The molecule has 7 heteroatoms. The fourth-order valence-corrected chi connectivity index (χ4v) is 0.445. The van der Waals surface area contributed by atoms with Crippen LogP contribution in [0.3, 0.4) is 0 Å². The molecule has 0 N–H and O–H groups in total. The van der Waals surface area contributed by atoms with Crippen LogP contribution >= 0.6 is 0 Å². The molecule has 1 saturated heterocycles. The summed E-state index contributed by atoms with van der Waals surface area (Å²) >= 11 is 0. The van der Waals surface area contributed by atoms with Gasteiger partial charge in [-0.1, -0.05) is 0 Å². The lowest BCUT2D eigenvalue weighted by Gasteiger charge is -1.93. The number of alkyl halides is 3. The SMILES string of the molecule is FC(F)=C(F)C1(F)OC1(F)F. The molecule has 0 aromatic carbocycles. The molecule has 1 aliphatic rings. The lowest BCUT2D eigenvalue weighted by atomic mass is 10.3. The van der Waals surface area contributed by atoms with Crippen LogP contribution in [0.25, 0.3) is 0 Å². The summed E-state index contributed by atoms with van der Waals surface area (Å²) in [6.07, 6.45) is -7.62. The fraction of sp³-hybridized carbons (Fsp3) is 0.500. The molecule has 0 saturated carbocycles. The summed E-state index contributed by atoms with van der Waals surface area (Å²) in [5, 5.41) is 0. The Labute approximate surface area is 56.2 Å². The van der Waals surface area contributed by atoms with Crippen molar-refractivity contribution >= 4 is 0 Å². The van der Waals surface area contributed by atoms with Crippen molar-refractivity contribution in [3.63, 3.8) is 0 Å². The molecule has 11 heavy (non-hydrogen) atoms. The van der Waals surface area contributed by atoms with Crippen LogP contribution in [-0.2, 0) is 4.74 Å². The zero-order valence-corrected chi connectivity index (χ0v) is 4.68. The third-order valence-corrected chi connectivity index (χ3v) is 1.05. The summed E-state index contributed by atoms with van der Waals surface area (Å²) in [7, 11) is 0. The molecule has 1 fully saturated rings. The number of hydrogen-bond donors (Lipinski definition) is 0. The Morgan fingerprint density at radius 2 is 1.36 bits per heavy atom. The third-order valence-electron chi connectivity index (χ3n) is 1.05. The lowest BCUT2D eigenvalue weighted by molar-refractivity contribution is -0.00128. The van der Waals surface area contributed by atoms with Crippen LogP contribution in [0.15, 0.2) is 11.9 Å². The largest absolute Gasteiger partial charge is 0.425 e. The van der Waals surface area contributed by atoms with Gasteiger partial charge in [0.2, 0.25) is 5.83 Å². The Morgan fingerprint density at radius 1 is 1.00 bits per heavy atom. The second-order valence-electron chi connectivity index (χ2n) is 1.79. The maximum absolute atomic E-state index is 12.0. The van der Waals surface area contributed by atoms with E-state index in [9.17, 15) is 26.3 Å². The first kappa shape index (κ1) is 8.38. The van der Waals surface area contributed by atoms with E-state index >= 15 is 0 Å². The average molecular weight is 178 g/mol. The van der Waals surface area contributed by atoms with Gasteiger partial charge in [0.1, 0.15) is 0 Å². The van der Waals surface area contributed by atoms with Gasteiger partial charge in [0.05, 0.1) is 0 Å². The van der Waals surface area contributed by atoms with Gasteiger partial charge in [0.15, 0.2) is 0 Å². The molecule has 1 unspecified atom stereocenters. The summed E-state index contributed by atoms with van der Waals surface area (Å²) in [4.78, 5) is 0. The topological polar surface area (TPSA) is 12.5 Å². The molecule has 0 spiro atoms. The molecular weight excluding hydrogens is 178 g/mol. The minimum atomic E-state index is -4.47. The molecule has 0 bridgehead atoms. The Balaban J connectivity index is 2.89. The van der Waals surface area contributed by atoms with Crippen molar-refractivity contribution in [2.24, 2.45) is 0 Å². The Kier molecular flexibility index (Phi) is 1.45. The molecule has 0 aliphatic carbocycles. The average Bonchev–Trinajstić information content (AvgIpc) is 2.32. The number of hydrogen-bond acceptors (Lipinski definition) is 1. The molecule has 1 heterocycles. The highest BCUT2D eigenvalue weighted by Crippen LogP contribution is 2.57. The van der Waals surface area contributed by atoms with E-state index in [4.69, 9.17) is 0 Å². The van der Waals surface area contributed by atoms with E-state index in [0.29, 0.717) is 0 Å². The highest BCUT2D eigenvalue weighted by atomic mass is 19.3. The molecule has 0 amide bonds. The normalized spacial score (nSPS) is 33.3. The van der Waals surface area contributed by atoms with E-state index < -0.39 is 23.9 Å². The number of ether oxygens (including phenoxy) is 1. The molecule has 1 nitrogen and oxygen atoms in total. The van der Waals surface area contributed by atoms with Crippen molar-refractivity contribution < 1.29 is 31.1 Å². The van der Waals surface area contributed by atoms with Crippen molar-refractivity contribution in [2.75, 3.05) is 0 Å². The highest BCUT2D eigenvalue weighted by molar-refractivity contribution is 5.17. The van der Waals surface area contributed by atoms with Crippen LogP contribution < -0.4 is 0 Å². The first-order valence-electron chi connectivity index (χ1n) is 2.29. The van der Waals surface area contributed by atoms with Crippen molar-refractivity contribution in [3.05, 3.63) is 11.9 Å². The van der Waals surface area contributed by atoms with Gasteiger partial charge in [0, 0.05) is 0 Å². The maximum Gasteiger partial charge on any atom is 0.425 e. The number of rotatable bonds is 1. The van der Waals surface area contributed by atoms with Gasteiger partial charge in [0.25, 0.3) is 0 Å². The molecular formula is C4F6O. The maximum atomic E-state index is 12.0. The predicted octanol–water partition coefficient (Wildman–Crippen LogP) is 2.35. The van der Waals surface area contributed by atoms with Gasteiger partial charge in [-0.3, -0.25) is 4.74 Å². The van der Waals surface area contributed by atoms with Gasteiger partial charge in [-0.05, 0) is 0 Å². The van der Waals surface area contributed by atoms with Crippen molar-refractivity contribution in [1.29, 1.82) is 0 Å². The molecule has 1 atom stereocenters. The van der Waals surface area contributed by atoms with Crippen LogP contribution in [0, 0.1) is 0 Å². The number of epoxide rings is 1. The van der Waals surface area contributed by atoms with Crippen molar-refractivity contribution in [2.45, 2.75) is 12.0 Å². The minimum absolute atomic E-state index is 2.80. The van der Waals surface area contributed by atoms with Gasteiger partial charge < -0.3 is 0 Å². The van der Waals surface area contributed by atoms with Crippen molar-refractivity contribution in [3.8, 4) is 0 Å². The summed E-state index contributed by atoms with van der Waals surface area (Å²) in [5.74, 6) is -7.12. The summed E-state index contributed by atoms with van der Waals surface area (Å²) in [6, 6.07) is 0. The molecule has 0 aromatic heterocycles. The predicted molar refractivity (Wildman–Crippen MR) is 20.2 cm³/mol. The molecule has 0 aromatic rings. The second kappa shape index (κ2) is 1.90. The monoisotopic (exact) mass is 178 g/mol. The quantitative estimate of drug-likeness (QED) is 0.443. The van der Waals surface area contributed by atoms with E-state index in [-0.39, 0.29) is 0 Å². The standard InChI is InChI=1S/C4F6O/c5-1(2(6)7)3(8)4(9,10)11-3. The second-order valence-corrected chi connectivity index (χ2v) is 1.79.